The van der Waals surface area contributed by atoms with Gasteiger partial charge in [0.25, 0.3) is 0 Å². The van der Waals surface area contributed by atoms with Crippen LogP contribution in [0.5, 0.6) is 0 Å². The molecule has 2 fully saturated rings. The molecule has 2 N–H and O–H groups in total. The molecule has 0 atom stereocenters. The van der Waals surface area contributed by atoms with Crippen molar-refractivity contribution in [1.82, 2.24) is 10.6 Å². The Morgan fingerprint density at radius 2 is 1.67 bits per heavy atom. The van der Waals surface area contributed by atoms with E-state index in [0.717, 1.165) is 17.7 Å². The van der Waals surface area contributed by atoms with E-state index in [4.69, 9.17) is 0 Å². The highest BCUT2D eigenvalue weighted by molar-refractivity contribution is 6.07. The van der Waals surface area contributed by atoms with Crippen LogP contribution < -0.4 is 10.6 Å². The first-order valence-electron chi connectivity index (χ1n) is 7.96. The SMILES string of the molecule is CNC(=O)C1(C(=O)NC2CC(c3ccc(C(F)(F)F)cc3)C2)CC1. The Labute approximate surface area is 137 Å². The van der Waals surface area contributed by atoms with Crippen LogP contribution >= 0.6 is 0 Å². The largest absolute Gasteiger partial charge is 0.416 e. The van der Waals surface area contributed by atoms with E-state index < -0.39 is 17.2 Å². The lowest BCUT2D eigenvalue weighted by molar-refractivity contribution is -0.138. The van der Waals surface area contributed by atoms with E-state index >= 15 is 0 Å². The first-order chi connectivity index (χ1) is 11.3. The van der Waals surface area contributed by atoms with Crippen LogP contribution in [0.4, 0.5) is 13.2 Å². The number of hydrogen-bond acceptors (Lipinski definition) is 2. The van der Waals surface area contributed by atoms with Gasteiger partial charge in [-0.1, -0.05) is 12.1 Å². The smallest absolute Gasteiger partial charge is 0.358 e. The number of carbonyl (C=O) groups is 2. The normalized spacial score (nSPS) is 24.7. The van der Waals surface area contributed by atoms with Crippen LogP contribution in [0.25, 0.3) is 0 Å². The summed E-state index contributed by atoms with van der Waals surface area (Å²) in [4.78, 5) is 24.0. The van der Waals surface area contributed by atoms with Gasteiger partial charge in [-0.15, -0.1) is 0 Å². The van der Waals surface area contributed by atoms with Crippen LogP contribution in [0.15, 0.2) is 24.3 Å². The van der Waals surface area contributed by atoms with Gasteiger partial charge in [-0.3, -0.25) is 9.59 Å². The maximum atomic E-state index is 12.6. The molecule has 0 bridgehead atoms. The van der Waals surface area contributed by atoms with Gasteiger partial charge in [-0.25, -0.2) is 0 Å². The monoisotopic (exact) mass is 340 g/mol. The molecule has 0 aromatic heterocycles. The fraction of sp³-hybridized carbons (Fsp3) is 0.529. The van der Waals surface area contributed by atoms with Crippen LogP contribution in [-0.4, -0.2) is 24.9 Å². The zero-order valence-electron chi connectivity index (χ0n) is 13.2. The summed E-state index contributed by atoms with van der Waals surface area (Å²) in [6, 6.07) is 5.15. The van der Waals surface area contributed by atoms with Crippen molar-refractivity contribution in [2.45, 2.75) is 43.8 Å². The van der Waals surface area contributed by atoms with Crippen molar-refractivity contribution in [2.75, 3.05) is 7.05 Å². The maximum Gasteiger partial charge on any atom is 0.416 e. The van der Waals surface area contributed by atoms with Crippen molar-refractivity contribution < 1.29 is 22.8 Å². The lowest BCUT2D eigenvalue weighted by atomic mass is 9.75. The highest BCUT2D eigenvalue weighted by Gasteiger charge is 2.56. The second-order valence-electron chi connectivity index (χ2n) is 6.62. The van der Waals surface area contributed by atoms with Gasteiger partial charge in [-0.05, 0) is 49.3 Å². The van der Waals surface area contributed by atoms with Gasteiger partial charge in [0.1, 0.15) is 5.41 Å². The van der Waals surface area contributed by atoms with Gasteiger partial charge in [-0.2, -0.15) is 13.2 Å². The second-order valence-corrected chi connectivity index (χ2v) is 6.62. The average molecular weight is 340 g/mol. The number of rotatable bonds is 4. The standard InChI is InChI=1S/C17H19F3N2O2/c1-21-14(23)16(6-7-16)15(24)22-13-8-11(9-13)10-2-4-12(5-3-10)17(18,19)20/h2-5,11,13H,6-9H2,1H3,(H,21,23)(H,22,24). The predicted molar refractivity (Wildman–Crippen MR) is 81.1 cm³/mol. The summed E-state index contributed by atoms with van der Waals surface area (Å²) in [5.41, 5.74) is -0.716. The summed E-state index contributed by atoms with van der Waals surface area (Å²) in [7, 11) is 1.51. The highest BCUT2D eigenvalue weighted by Crippen LogP contribution is 2.47. The van der Waals surface area contributed by atoms with Crippen LogP contribution in [0.2, 0.25) is 0 Å². The first kappa shape index (κ1) is 16.8. The molecule has 2 amide bonds. The zero-order chi connectivity index (χ0) is 17.5. The number of alkyl halides is 3. The maximum absolute atomic E-state index is 12.6. The molecule has 1 aromatic rings. The predicted octanol–water partition coefficient (Wildman–Crippen LogP) is 2.59. The Kier molecular flexibility index (Phi) is 4.05. The van der Waals surface area contributed by atoms with Gasteiger partial charge in [0.05, 0.1) is 5.56 Å². The van der Waals surface area contributed by atoms with E-state index in [-0.39, 0.29) is 23.8 Å². The number of halogens is 3. The van der Waals surface area contributed by atoms with E-state index in [2.05, 4.69) is 10.6 Å². The molecular formula is C17H19F3N2O2. The number of hydrogen-bond donors (Lipinski definition) is 2. The topological polar surface area (TPSA) is 58.2 Å². The van der Waals surface area contributed by atoms with Crippen LogP contribution in [-0.2, 0) is 15.8 Å². The third-order valence-electron chi connectivity index (χ3n) is 5.03. The molecule has 2 aliphatic carbocycles. The molecule has 0 unspecified atom stereocenters. The molecule has 0 radical (unpaired) electrons. The molecule has 130 valence electrons. The molecule has 3 rings (SSSR count). The van der Waals surface area contributed by atoms with Crippen LogP contribution in [0.1, 0.15) is 42.7 Å². The minimum absolute atomic E-state index is 0.0214. The summed E-state index contributed by atoms with van der Waals surface area (Å²) in [6.45, 7) is 0. The third kappa shape index (κ3) is 2.99. The van der Waals surface area contributed by atoms with Gasteiger partial charge >= 0.3 is 6.18 Å². The minimum Gasteiger partial charge on any atom is -0.358 e. The molecule has 24 heavy (non-hydrogen) atoms. The van der Waals surface area contributed by atoms with Gasteiger partial charge in [0, 0.05) is 13.1 Å². The van der Waals surface area contributed by atoms with Gasteiger partial charge in [0.15, 0.2) is 0 Å². The Hall–Kier alpha value is -2.05. The number of carbonyl (C=O) groups excluding carboxylic acids is 2. The summed E-state index contributed by atoms with van der Waals surface area (Å²) >= 11 is 0. The zero-order valence-corrected chi connectivity index (χ0v) is 13.2. The molecule has 1 aromatic carbocycles. The Bertz CT molecular complexity index is 645. The third-order valence-corrected chi connectivity index (χ3v) is 5.03. The summed E-state index contributed by atoms with van der Waals surface area (Å²) in [6.07, 6.45) is -1.84. The van der Waals surface area contributed by atoms with Crippen LogP contribution in [0, 0.1) is 5.41 Å². The Balaban J connectivity index is 1.53. The van der Waals surface area contributed by atoms with E-state index in [0.29, 0.717) is 25.7 Å². The molecule has 7 heteroatoms. The molecule has 0 spiro atoms. The molecule has 0 aliphatic heterocycles. The van der Waals surface area contributed by atoms with Crippen molar-refractivity contribution in [3.63, 3.8) is 0 Å². The van der Waals surface area contributed by atoms with Crippen molar-refractivity contribution >= 4 is 11.8 Å². The van der Waals surface area contributed by atoms with Gasteiger partial charge < -0.3 is 10.6 Å². The van der Waals surface area contributed by atoms with Gasteiger partial charge in [0.2, 0.25) is 11.8 Å². The summed E-state index contributed by atoms with van der Waals surface area (Å²) in [5, 5.41) is 5.41. The number of benzene rings is 1. The average Bonchev–Trinajstić information content (AvgIpc) is 3.30. The summed E-state index contributed by atoms with van der Waals surface area (Å²) < 4.78 is 37.7. The van der Waals surface area contributed by atoms with E-state index in [9.17, 15) is 22.8 Å². The molecule has 4 nitrogen and oxygen atoms in total. The fourth-order valence-electron chi connectivity index (χ4n) is 3.20. The number of nitrogens with one attached hydrogen (secondary N) is 2. The highest BCUT2D eigenvalue weighted by atomic mass is 19.4. The summed E-state index contributed by atoms with van der Waals surface area (Å²) in [5.74, 6) is -0.343. The molecule has 0 saturated heterocycles. The van der Waals surface area contributed by atoms with E-state index in [1.165, 1.54) is 19.2 Å². The Morgan fingerprint density at radius 3 is 2.12 bits per heavy atom. The van der Waals surface area contributed by atoms with E-state index in [1.807, 2.05) is 0 Å². The quantitative estimate of drug-likeness (QED) is 0.828. The van der Waals surface area contributed by atoms with Crippen molar-refractivity contribution in [3.8, 4) is 0 Å². The van der Waals surface area contributed by atoms with Crippen molar-refractivity contribution in [3.05, 3.63) is 35.4 Å². The molecular weight excluding hydrogens is 321 g/mol. The first-order valence-corrected chi connectivity index (χ1v) is 7.96. The lowest BCUT2D eigenvalue weighted by Gasteiger charge is -2.37. The lowest BCUT2D eigenvalue weighted by Crippen LogP contribution is -2.49. The second kappa shape index (κ2) is 5.79. The molecule has 2 saturated carbocycles. The molecule has 0 heterocycles. The van der Waals surface area contributed by atoms with E-state index in [1.54, 1.807) is 0 Å². The fourth-order valence-corrected chi connectivity index (χ4v) is 3.20. The minimum atomic E-state index is -4.33. The Morgan fingerprint density at radius 1 is 1.08 bits per heavy atom. The molecule has 2 aliphatic rings. The van der Waals surface area contributed by atoms with Crippen molar-refractivity contribution in [1.29, 1.82) is 0 Å². The number of amides is 2. The van der Waals surface area contributed by atoms with Crippen molar-refractivity contribution in [2.24, 2.45) is 5.41 Å². The van der Waals surface area contributed by atoms with Crippen LogP contribution in [0.3, 0.4) is 0 Å².